The number of ether oxygens (including phenoxy) is 1. The number of amides is 3. The summed E-state index contributed by atoms with van der Waals surface area (Å²) in [4.78, 5) is 34.7. The van der Waals surface area contributed by atoms with E-state index in [1.807, 2.05) is 13.8 Å². The van der Waals surface area contributed by atoms with Crippen molar-refractivity contribution in [2.45, 2.75) is 46.0 Å². The van der Waals surface area contributed by atoms with Crippen LogP contribution in [0.5, 0.6) is 0 Å². The molecule has 2 bridgehead atoms. The Balaban J connectivity index is 1.59. The summed E-state index contributed by atoms with van der Waals surface area (Å²) in [5.41, 5.74) is 0. The molecular formula is C16H26N2O4. The van der Waals surface area contributed by atoms with E-state index in [0.29, 0.717) is 30.7 Å². The number of nitrogens with one attached hydrogen (secondary N) is 2. The van der Waals surface area contributed by atoms with E-state index < -0.39 is 18.5 Å². The van der Waals surface area contributed by atoms with Crippen LogP contribution in [0.15, 0.2) is 0 Å². The molecule has 0 unspecified atom stereocenters. The summed E-state index contributed by atoms with van der Waals surface area (Å²) < 4.78 is 4.97. The number of carbonyl (C=O) groups excluding carboxylic acids is 3. The van der Waals surface area contributed by atoms with Gasteiger partial charge in [-0.1, -0.05) is 20.3 Å². The monoisotopic (exact) mass is 310 g/mol. The lowest BCUT2D eigenvalue weighted by molar-refractivity contribution is -0.149. The Morgan fingerprint density at radius 1 is 1.18 bits per heavy atom. The molecule has 2 rings (SSSR count). The van der Waals surface area contributed by atoms with E-state index in [0.717, 1.165) is 12.3 Å². The zero-order chi connectivity index (χ0) is 16.1. The largest absolute Gasteiger partial charge is 0.456 e. The molecule has 3 amide bonds. The van der Waals surface area contributed by atoms with Crippen LogP contribution in [0.25, 0.3) is 0 Å². The SMILES string of the molecule is CC(C)CNC(=O)NC(=O)COC(=O)C[C@H]1C[C@H]2CC[C@@H]1C2. The number of urea groups is 1. The molecule has 3 atom stereocenters. The Morgan fingerprint density at radius 3 is 2.55 bits per heavy atom. The highest BCUT2D eigenvalue weighted by molar-refractivity contribution is 5.95. The Hall–Kier alpha value is -1.59. The normalized spacial score (nSPS) is 26.0. The maximum atomic E-state index is 11.8. The summed E-state index contributed by atoms with van der Waals surface area (Å²) in [7, 11) is 0. The molecular weight excluding hydrogens is 284 g/mol. The number of esters is 1. The van der Waals surface area contributed by atoms with E-state index in [2.05, 4.69) is 10.6 Å². The summed E-state index contributed by atoms with van der Waals surface area (Å²) in [6, 6.07) is -0.553. The quantitative estimate of drug-likeness (QED) is 0.733. The lowest BCUT2D eigenvalue weighted by Gasteiger charge is -2.20. The molecule has 2 saturated carbocycles. The number of rotatable bonds is 6. The molecule has 2 N–H and O–H groups in total. The minimum atomic E-state index is -0.595. The van der Waals surface area contributed by atoms with Gasteiger partial charge in [-0.05, 0) is 42.9 Å². The minimum Gasteiger partial charge on any atom is -0.456 e. The third-order valence-corrected chi connectivity index (χ3v) is 4.60. The number of hydrogen-bond acceptors (Lipinski definition) is 4. The summed E-state index contributed by atoms with van der Waals surface area (Å²) in [6.07, 6.45) is 5.27. The fourth-order valence-corrected chi connectivity index (χ4v) is 3.55. The lowest BCUT2D eigenvalue weighted by Crippen LogP contribution is -2.42. The second kappa shape index (κ2) is 7.61. The highest BCUT2D eigenvalue weighted by Gasteiger charge is 2.40. The van der Waals surface area contributed by atoms with Crippen molar-refractivity contribution in [2.24, 2.45) is 23.7 Å². The predicted molar refractivity (Wildman–Crippen MR) is 80.9 cm³/mol. The first-order chi connectivity index (χ1) is 10.4. The maximum absolute atomic E-state index is 11.8. The standard InChI is InChI=1S/C16H26N2O4/c1-10(2)8-17-16(21)18-14(19)9-22-15(20)7-13-6-11-3-4-12(13)5-11/h10-13H,3-9H2,1-2H3,(H2,17,18,19,21)/t11-,12+,13+/m0/s1. The molecule has 124 valence electrons. The molecule has 0 aliphatic heterocycles. The molecule has 2 fully saturated rings. The van der Waals surface area contributed by atoms with Gasteiger partial charge in [0, 0.05) is 13.0 Å². The molecule has 0 saturated heterocycles. The van der Waals surface area contributed by atoms with E-state index in [4.69, 9.17) is 4.74 Å². The van der Waals surface area contributed by atoms with E-state index in [-0.39, 0.29) is 5.97 Å². The molecule has 2 aliphatic carbocycles. The smallest absolute Gasteiger partial charge is 0.321 e. The molecule has 0 radical (unpaired) electrons. The van der Waals surface area contributed by atoms with Crippen LogP contribution >= 0.6 is 0 Å². The fourth-order valence-electron chi connectivity index (χ4n) is 3.55. The van der Waals surface area contributed by atoms with Crippen LogP contribution in [0.3, 0.4) is 0 Å². The van der Waals surface area contributed by atoms with Crippen molar-refractivity contribution in [1.82, 2.24) is 10.6 Å². The fraction of sp³-hybridized carbons (Fsp3) is 0.812. The molecule has 0 aromatic carbocycles. The van der Waals surface area contributed by atoms with Gasteiger partial charge in [0.2, 0.25) is 0 Å². The molecule has 0 spiro atoms. The average Bonchev–Trinajstić information content (AvgIpc) is 3.05. The van der Waals surface area contributed by atoms with Gasteiger partial charge in [0.1, 0.15) is 0 Å². The van der Waals surface area contributed by atoms with Crippen LogP contribution in [0.4, 0.5) is 4.79 Å². The number of hydrogen-bond donors (Lipinski definition) is 2. The van der Waals surface area contributed by atoms with Crippen molar-refractivity contribution in [3.63, 3.8) is 0 Å². The van der Waals surface area contributed by atoms with Gasteiger partial charge >= 0.3 is 12.0 Å². The van der Waals surface area contributed by atoms with Crippen LogP contribution in [-0.4, -0.2) is 31.1 Å². The Kier molecular flexibility index (Phi) is 5.80. The molecule has 2 aliphatic rings. The Labute approximate surface area is 131 Å². The second-order valence-corrected chi connectivity index (χ2v) is 6.95. The van der Waals surface area contributed by atoms with Gasteiger partial charge in [-0.2, -0.15) is 0 Å². The van der Waals surface area contributed by atoms with Crippen molar-refractivity contribution in [3.8, 4) is 0 Å². The predicted octanol–water partition coefficient (Wildman–Crippen LogP) is 1.84. The maximum Gasteiger partial charge on any atom is 0.321 e. The van der Waals surface area contributed by atoms with Crippen molar-refractivity contribution >= 4 is 17.9 Å². The molecule has 6 heteroatoms. The van der Waals surface area contributed by atoms with Crippen LogP contribution in [0, 0.1) is 23.7 Å². The second-order valence-electron chi connectivity index (χ2n) is 6.95. The highest BCUT2D eigenvalue weighted by atomic mass is 16.5. The minimum absolute atomic E-state index is 0.306. The third kappa shape index (κ3) is 5.00. The van der Waals surface area contributed by atoms with Crippen molar-refractivity contribution in [3.05, 3.63) is 0 Å². The van der Waals surface area contributed by atoms with Gasteiger partial charge in [0.15, 0.2) is 6.61 Å². The summed E-state index contributed by atoms with van der Waals surface area (Å²) in [6.45, 7) is 4.01. The van der Waals surface area contributed by atoms with Gasteiger partial charge in [0.05, 0.1) is 0 Å². The van der Waals surface area contributed by atoms with Gasteiger partial charge in [-0.3, -0.25) is 14.9 Å². The first kappa shape index (κ1) is 16.8. The summed E-state index contributed by atoms with van der Waals surface area (Å²) >= 11 is 0. The van der Waals surface area contributed by atoms with Crippen molar-refractivity contribution in [2.75, 3.05) is 13.2 Å². The van der Waals surface area contributed by atoms with E-state index in [9.17, 15) is 14.4 Å². The van der Waals surface area contributed by atoms with Gasteiger partial charge in [-0.25, -0.2) is 4.79 Å². The highest BCUT2D eigenvalue weighted by Crippen LogP contribution is 2.49. The number of carbonyl (C=O) groups is 3. The molecule has 0 heterocycles. The van der Waals surface area contributed by atoms with Crippen molar-refractivity contribution < 1.29 is 19.1 Å². The van der Waals surface area contributed by atoms with Crippen LogP contribution in [0.2, 0.25) is 0 Å². The van der Waals surface area contributed by atoms with E-state index >= 15 is 0 Å². The van der Waals surface area contributed by atoms with Crippen LogP contribution < -0.4 is 10.6 Å². The Bertz CT molecular complexity index is 436. The first-order valence-electron chi connectivity index (χ1n) is 8.17. The first-order valence-corrected chi connectivity index (χ1v) is 8.17. The van der Waals surface area contributed by atoms with Crippen LogP contribution in [0.1, 0.15) is 46.0 Å². The molecule has 0 aromatic rings. The number of imide groups is 1. The summed E-state index contributed by atoms with van der Waals surface area (Å²) in [5, 5.41) is 4.71. The molecule has 22 heavy (non-hydrogen) atoms. The topological polar surface area (TPSA) is 84.5 Å². The molecule has 0 aromatic heterocycles. The lowest BCUT2D eigenvalue weighted by atomic mass is 9.86. The zero-order valence-corrected chi connectivity index (χ0v) is 13.4. The summed E-state index contributed by atoms with van der Waals surface area (Å²) in [5.74, 6) is 1.24. The third-order valence-electron chi connectivity index (χ3n) is 4.60. The average molecular weight is 310 g/mol. The van der Waals surface area contributed by atoms with E-state index in [1.54, 1.807) is 0 Å². The van der Waals surface area contributed by atoms with Gasteiger partial charge < -0.3 is 10.1 Å². The van der Waals surface area contributed by atoms with Gasteiger partial charge in [-0.15, -0.1) is 0 Å². The number of fused-ring (bicyclic) bond motifs is 2. The molecule has 6 nitrogen and oxygen atoms in total. The van der Waals surface area contributed by atoms with Crippen molar-refractivity contribution in [1.29, 1.82) is 0 Å². The Morgan fingerprint density at radius 2 is 1.95 bits per heavy atom. The van der Waals surface area contributed by atoms with E-state index in [1.165, 1.54) is 19.3 Å². The van der Waals surface area contributed by atoms with Gasteiger partial charge in [0.25, 0.3) is 5.91 Å². The van der Waals surface area contributed by atoms with Crippen LogP contribution in [-0.2, 0) is 14.3 Å². The zero-order valence-electron chi connectivity index (χ0n) is 13.4.